The van der Waals surface area contributed by atoms with Crippen molar-refractivity contribution in [1.29, 1.82) is 0 Å². The van der Waals surface area contributed by atoms with Gasteiger partial charge in [-0.05, 0) is 51.3 Å². The van der Waals surface area contributed by atoms with E-state index in [1.54, 1.807) is 0 Å². The molecule has 5 heteroatoms. The average molecular weight is 442 g/mol. The van der Waals surface area contributed by atoms with E-state index in [-0.39, 0.29) is 24.0 Å². The molecule has 24 heavy (non-hydrogen) atoms. The fourth-order valence-corrected chi connectivity index (χ4v) is 3.74. The van der Waals surface area contributed by atoms with Crippen molar-refractivity contribution in [3.8, 4) is 0 Å². The van der Waals surface area contributed by atoms with E-state index in [1.807, 2.05) is 7.05 Å². The third-order valence-corrected chi connectivity index (χ3v) is 5.15. The predicted octanol–water partition coefficient (Wildman–Crippen LogP) is 2.90. The molecule has 1 atom stereocenters. The van der Waals surface area contributed by atoms with Crippen LogP contribution in [0.1, 0.15) is 30.4 Å². The van der Waals surface area contributed by atoms with Gasteiger partial charge in [-0.15, -0.1) is 24.0 Å². The lowest BCUT2D eigenvalue weighted by atomic mass is 10.1. The molecule has 0 saturated carbocycles. The fourth-order valence-electron chi connectivity index (χ4n) is 3.74. The Labute approximate surface area is 163 Å². The Balaban J connectivity index is 0.00000208. The van der Waals surface area contributed by atoms with Gasteiger partial charge in [0.1, 0.15) is 0 Å². The maximum Gasteiger partial charge on any atom is 0.193 e. The van der Waals surface area contributed by atoms with Crippen LogP contribution in [0.2, 0.25) is 0 Å². The Kier molecular flexibility index (Phi) is 7.81. The number of halogens is 1. The number of nitrogens with zero attached hydrogens (tertiary/aromatic N) is 3. The summed E-state index contributed by atoms with van der Waals surface area (Å²) < 4.78 is 0. The molecule has 0 bridgehead atoms. The summed E-state index contributed by atoms with van der Waals surface area (Å²) in [6.45, 7) is 7.92. The van der Waals surface area contributed by atoms with Crippen molar-refractivity contribution in [2.75, 3.05) is 39.8 Å². The lowest BCUT2D eigenvalue weighted by molar-refractivity contribution is 0.249. The zero-order valence-corrected chi connectivity index (χ0v) is 17.3. The van der Waals surface area contributed by atoms with E-state index in [9.17, 15) is 0 Å². The van der Waals surface area contributed by atoms with Crippen LogP contribution in [0, 0.1) is 6.92 Å². The largest absolute Gasteiger partial charge is 0.356 e. The van der Waals surface area contributed by atoms with Crippen LogP contribution >= 0.6 is 24.0 Å². The molecule has 1 aromatic rings. The number of guanidine groups is 1. The van der Waals surface area contributed by atoms with Crippen molar-refractivity contribution in [2.45, 2.75) is 38.6 Å². The first-order valence-electron chi connectivity index (χ1n) is 9.01. The van der Waals surface area contributed by atoms with E-state index in [4.69, 9.17) is 0 Å². The number of benzene rings is 1. The number of hydrogen-bond donors (Lipinski definition) is 1. The van der Waals surface area contributed by atoms with E-state index in [1.165, 1.54) is 43.5 Å². The molecule has 2 fully saturated rings. The van der Waals surface area contributed by atoms with E-state index in [2.05, 4.69) is 51.3 Å². The lowest BCUT2D eigenvalue weighted by Gasteiger charge is -2.25. The number of aryl methyl sites for hydroxylation is 1. The summed E-state index contributed by atoms with van der Waals surface area (Å²) >= 11 is 0. The first-order chi connectivity index (χ1) is 11.3. The predicted molar refractivity (Wildman–Crippen MR) is 112 cm³/mol. The van der Waals surface area contributed by atoms with Gasteiger partial charge in [-0.25, -0.2) is 0 Å². The lowest BCUT2D eigenvalue weighted by Crippen LogP contribution is -2.43. The molecular weight excluding hydrogens is 411 g/mol. The standard InChI is InChI=1S/C19H30N4.HI/c1-16-5-7-17(8-6-16)9-11-21-19(20-2)23-14-10-18(15-23)22-12-3-4-13-22;/h5-8,18H,3-4,9-15H2,1-2H3,(H,20,21);1H. The summed E-state index contributed by atoms with van der Waals surface area (Å²) in [4.78, 5) is 9.58. The molecule has 0 aromatic heterocycles. The van der Waals surface area contributed by atoms with Crippen molar-refractivity contribution < 1.29 is 0 Å². The molecule has 0 amide bonds. The average Bonchev–Trinajstić information content (AvgIpc) is 3.24. The quantitative estimate of drug-likeness (QED) is 0.442. The van der Waals surface area contributed by atoms with Gasteiger partial charge in [0.05, 0.1) is 0 Å². The minimum absolute atomic E-state index is 0. The Bertz CT molecular complexity index is 523. The second-order valence-electron chi connectivity index (χ2n) is 6.84. The highest BCUT2D eigenvalue weighted by atomic mass is 127. The Hall–Kier alpha value is -0.820. The summed E-state index contributed by atoms with van der Waals surface area (Å²) in [7, 11) is 1.90. The van der Waals surface area contributed by atoms with Gasteiger partial charge in [0.15, 0.2) is 5.96 Å². The van der Waals surface area contributed by atoms with Crippen molar-refractivity contribution in [2.24, 2.45) is 4.99 Å². The van der Waals surface area contributed by atoms with Gasteiger partial charge in [0.2, 0.25) is 0 Å². The minimum Gasteiger partial charge on any atom is -0.356 e. The van der Waals surface area contributed by atoms with Gasteiger partial charge in [0.25, 0.3) is 0 Å². The van der Waals surface area contributed by atoms with Gasteiger partial charge in [-0.3, -0.25) is 9.89 Å². The van der Waals surface area contributed by atoms with Gasteiger partial charge in [-0.2, -0.15) is 0 Å². The molecule has 0 aliphatic carbocycles. The maximum atomic E-state index is 4.49. The van der Waals surface area contributed by atoms with Crippen LogP contribution in [0.4, 0.5) is 0 Å². The molecule has 1 unspecified atom stereocenters. The van der Waals surface area contributed by atoms with Crippen LogP contribution in [-0.4, -0.2) is 61.6 Å². The van der Waals surface area contributed by atoms with Crippen LogP contribution in [0.5, 0.6) is 0 Å². The highest BCUT2D eigenvalue weighted by Crippen LogP contribution is 2.20. The zero-order chi connectivity index (χ0) is 16.1. The van der Waals surface area contributed by atoms with Gasteiger partial charge in [-0.1, -0.05) is 29.8 Å². The van der Waals surface area contributed by atoms with Crippen LogP contribution < -0.4 is 5.32 Å². The monoisotopic (exact) mass is 442 g/mol. The smallest absolute Gasteiger partial charge is 0.193 e. The highest BCUT2D eigenvalue weighted by molar-refractivity contribution is 14.0. The van der Waals surface area contributed by atoms with Gasteiger partial charge < -0.3 is 10.2 Å². The van der Waals surface area contributed by atoms with E-state index < -0.39 is 0 Å². The molecule has 2 saturated heterocycles. The van der Waals surface area contributed by atoms with E-state index >= 15 is 0 Å². The van der Waals surface area contributed by atoms with Crippen LogP contribution in [0.25, 0.3) is 0 Å². The summed E-state index contributed by atoms with van der Waals surface area (Å²) in [5.74, 6) is 1.07. The van der Waals surface area contributed by atoms with Crippen LogP contribution in [-0.2, 0) is 6.42 Å². The van der Waals surface area contributed by atoms with Gasteiger partial charge in [0, 0.05) is 32.7 Å². The van der Waals surface area contributed by atoms with Crippen molar-refractivity contribution >= 4 is 29.9 Å². The van der Waals surface area contributed by atoms with Crippen molar-refractivity contribution in [1.82, 2.24) is 15.1 Å². The molecule has 2 heterocycles. The first kappa shape index (κ1) is 19.5. The highest BCUT2D eigenvalue weighted by Gasteiger charge is 2.30. The summed E-state index contributed by atoms with van der Waals surface area (Å²) in [6, 6.07) is 9.54. The first-order valence-corrected chi connectivity index (χ1v) is 9.01. The molecule has 4 nitrogen and oxygen atoms in total. The van der Waals surface area contributed by atoms with Crippen molar-refractivity contribution in [3.63, 3.8) is 0 Å². The fraction of sp³-hybridized carbons (Fsp3) is 0.632. The summed E-state index contributed by atoms with van der Waals surface area (Å²) in [5, 5.41) is 3.54. The third kappa shape index (κ3) is 5.09. The molecule has 1 aromatic carbocycles. The van der Waals surface area contributed by atoms with E-state index in [0.29, 0.717) is 0 Å². The number of hydrogen-bond acceptors (Lipinski definition) is 2. The molecule has 2 aliphatic rings. The minimum atomic E-state index is 0. The summed E-state index contributed by atoms with van der Waals surface area (Å²) in [6.07, 6.45) is 5.07. The second kappa shape index (κ2) is 9.61. The molecular formula is C19H31IN4. The van der Waals surface area contributed by atoms with Gasteiger partial charge >= 0.3 is 0 Å². The second-order valence-corrected chi connectivity index (χ2v) is 6.84. The molecule has 134 valence electrons. The number of likely N-dealkylation sites (tertiary alicyclic amines) is 2. The van der Waals surface area contributed by atoms with Crippen LogP contribution in [0.15, 0.2) is 29.3 Å². The number of nitrogens with one attached hydrogen (secondary N) is 1. The summed E-state index contributed by atoms with van der Waals surface area (Å²) in [5.41, 5.74) is 2.71. The number of aliphatic imine (C=N–C) groups is 1. The Morgan fingerprint density at radius 3 is 2.54 bits per heavy atom. The third-order valence-electron chi connectivity index (χ3n) is 5.15. The molecule has 3 rings (SSSR count). The topological polar surface area (TPSA) is 30.9 Å². The van der Waals surface area contributed by atoms with Crippen LogP contribution in [0.3, 0.4) is 0 Å². The molecule has 0 spiro atoms. The normalized spacial score (nSPS) is 21.8. The molecule has 0 radical (unpaired) electrons. The molecule has 2 aliphatic heterocycles. The van der Waals surface area contributed by atoms with E-state index in [0.717, 1.165) is 38.1 Å². The SMILES string of the molecule is CN=C(NCCc1ccc(C)cc1)N1CCC(N2CCCC2)C1.I. The van der Waals surface area contributed by atoms with Crippen molar-refractivity contribution in [3.05, 3.63) is 35.4 Å². The molecule has 1 N–H and O–H groups in total. The Morgan fingerprint density at radius 1 is 1.17 bits per heavy atom. The zero-order valence-electron chi connectivity index (χ0n) is 15.0. The Morgan fingerprint density at radius 2 is 1.88 bits per heavy atom. The number of rotatable bonds is 4. The maximum absolute atomic E-state index is 4.49.